The monoisotopic (exact) mass is 368 g/mol. The highest BCUT2D eigenvalue weighted by atomic mass is 16.6. The van der Waals surface area contributed by atoms with Crippen LogP contribution in [0.25, 0.3) is 0 Å². The molecule has 2 heterocycles. The fraction of sp³-hybridized carbons (Fsp3) is 0.476. The maximum Gasteiger partial charge on any atom is 0.410 e. The zero-order valence-electron chi connectivity index (χ0n) is 16.6. The summed E-state index contributed by atoms with van der Waals surface area (Å²) in [5, 5.41) is 0. The van der Waals surface area contributed by atoms with Crippen molar-refractivity contribution in [3.8, 4) is 0 Å². The number of carbonyl (C=O) groups excluding carboxylic acids is 1. The summed E-state index contributed by atoms with van der Waals surface area (Å²) in [5.74, 6) is 1.11. The molecule has 0 bridgehead atoms. The summed E-state index contributed by atoms with van der Waals surface area (Å²) in [6.07, 6.45) is 1.61. The van der Waals surface area contributed by atoms with Gasteiger partial charge in [0.15, 0.2) is 0 Å². The standard InChI is InChI=1S/C21H28N4O2/c1-15(2)19-13-24(21(26)27-14-18-8-6-5-7-9-18)10-11-25(19)20-22-12-16(3)17(4)23-20/h5-9,12,15,19H,10-11,13-14H2,1-4H3/t19-/m0/s1. The van der Waals surface area contributed by atoms with Crippen LogP contribution in [0.2, 0.25) is 0 Å². The third-order valence-electron chi connectivity index (χ3n) is 5.12. The van der Waals surface area contributed by atoms with E-state index in [1.165, 1.54) is 0 Å². The van der Waals surface area contributed by atoms with E-state index in [9.17, 15) is 4.79 Å². The van der Waals surface area contributed by atoms with E-state index in [0.717, 1.165) is 22.8 Å². The summed E-state index contributed by atoms with van der Waals surface area (Å²) in [7, 11) is 0. The molecule has 1 atom stereocenters. The number of anilines is 1. The number of aromatic nitrogens is 2. The number of hydrogen-bond donors (Lipinski definition) is 0. The molecule has 1 aliphatic heterocycles. The van der Waals surface area contributed by atoms with Gasteiger partial charge in [-0.1, -0.05) is 44.2 Å². The van der Waals surface area contributed by atoms with Crippen LogP contribution < -0.4 is 4.90 Å². The van der Waals surface area contributed by atoms with Crippen LogP contribution in [0.4, 0.5) is 10.7 Å². The third-order valence-corrected chi connectivity index (χ3v) is 5.12. The Morgan fingerprint density at radius 1 is 1.22 bits per heavy atom. The molecule has 144 valence electrons. The van der Waals surface area contributed by atoms with E-state index in [2.05, 4.69) is 28.7 Å². The Bertz CT molecular complexity index is 779. The van der Waals surface area contributed by atoms with Crippen LogP contribution in [0.1, 0.15) is 30.7 Å². The molecule has 6 nitrogen and oxygen atoms in total. The Hall–Kier alpha value is -2.63. The number of aryl methyl sites for hydroxylation is 2. The van der Waals surface area contributed by atoms with Crippen LogP contribution >= 0.6 is 0 Å². The molecule has 1 aromatic carbocycles. The minimum atomic E-state index is -0.259. The van der Waals surface area contributed by atoms with Crippen molar-refractivity contribution in [3.63, 3.8) is 0 Å². The van der Waals surface area contributed by atoms with Crippen molar-refractivity contribution in [1.29, 1.82) is 0 Å². The number of piperazine rings is 1. The number of amides is 1. The number of rotatable bonds is 4. The van der Waals surface area contributed by atoms with Gasteiger partial charge in [-0.05, 0) is 30.9 Å². The Kier molecular flexibility index (Phi) is 5.94. The zero-order valence-corrected chi connectivity index (χ0v) is 16.6. The second kappa shape index (κ2) is 8.37. The fourth-order valence-corrected chi connectivity index (χ4v) is 3.26. The molecule has 0 radical (unpaired) electrons. The molecule has 0 N–H and O–H groups in total. The van der Waals surface area contributed by atoms with Gasteiger partial charge in [-0.2, -0.15) is 0 Å². The van der Waals surface area contributed by atoms with Crippen LogP contribution in [-0.4, -0.2) is 46.6 Å². The predicted molar refractivity (Wildman–Crippen MR) is 106 cm³/mol. The number of ether oxygens (including phenoxy) is 1. The number of hydrogen-bond acceptors (Lipinski definition) is 5. The van der Waals surface area contributed by atoms with Crippen molar-refractivity contribution in [1.82, 2.24) is 14.9 Å². The number of carbonyl (C=O) groups is 1. The van der Waals surface area contributed by atoms with E-state index in [1.807, 2.05) is 50.4 Å². The van der Waals surface area contributed by atoms with Gasteiger partial charge in [-0.3, -0.25) is 0 Å². The van der Waals surface area contributed by atoms with Gasteiger partial charge in [0.25, 0.3) is 0 Å². The molecular weight excluding hydrogens is 340 g/mol. The lowest BCUT2D eigenvalue weighted by Gasteiger charge is -2.43. The molecule has 6 heteroatoms. The van der Waals surface area contributed by atoms with Crippen molar-refractivity contribution in [2.45, 2.75) is 40.3 Å². The molecule has 1 amide bonds. The first-order valence-corrected chi connectivity index (χ1v) is 9.48. The summed E-state index contributed by atoms with van der Waals surface area (Å²) in [6.45, 7) is 10.6. The van der Waals surface area contributed by atoms with E-state index >= 15 is 0 Å². The lowest BCUT2D eigenvalue weighted by molar-refractivity contribution is 0.0856. The van der Waals surface area contributed by atoms with Crippen LogP contribution in [0, 0.1) is 19.8 Å². The minimum absolute atomic E-state index is 0.158. The Morgan fingerprint density at radius 3 is 2.63 bits per heavy atom. The van der Waals surface area contributed by atoms with E-state index < -0.39 is 0 Å². The number of nitrogens with zero attached hydrogens (tertiary/aromatic N) is 4. The molecule has 1 fully saturated rings. The molecular formula is C21H28N4O2. The Morgan fingerprint density at radius 2 is 1.96 bits per heavy atom. The lowest BCUT2D eigenvalue weighted by Crippen LogP contribution is -2.57. The summed E-state index contributed by atoms with van der Waals surface area (Å²) in [4.78, 5) is 25.7. The molecule has 0 unspecified atom stereocenters. The van der Waals surface area contributed by atoms with Crippen molar-refractivity contribution in [2.24, 2.45) is 5.92 Å². The van der Waals surface area contributed by atoms with E-state index in [0.29, 0.717) is 32.2 Å². The second-order valence-corrected chi connectivity index (χ2v) is 7.43. The van der Waals surface area contributed by atoms with Crippen molar-refractivity contribution < 1.29 is 9.53 Å². The molecule has 1 aromatic heterocycles. The zero-order chi connectivity index (χ0) is 19.4. The molecule has 1 saturated heterocycles. The van der Waals surface area contributed by atoms with Gasteiger partial charge in [0.05, 0.1) is 6.04 Å². The third kappa shape index (κ3) is 4.56. The van der Waals surface area contributed by atoms with E-state index in [4.69, 9.17) is 4.74 Å². The van der Waals surface area contributed by atoms with Crippen molar-refractivity contribution in [3.05, 3.63) is 53.3 Å². The maximum absolute atomic E-state index is 12.5. The van der Waals surface area contributed by atoms with Gasteiger partial charge in [-0.25, -0.2) is 14.8 Å². The van der Waals surface area contributed by atoms with Gasteiger partial charge in [0.1, 0.15) is 6.61 Å². The summed E-state index contributed by atoms with van der Waals surface area (Å²) in [5.41, 5.74) is 3.07. The van der Waals surface area contributed by atoms with Gasteiger partial charge < -0.3 is 14.5 Å². The summed E-state index contributed by atoms with van der Waals surface area (Å²) < 4.78 is 5.51. The summed E-state index contributed by atoms with van der Waals surface area (Å²) >= 11 is 0. The Balaban J connectivity index is 1.66. The largest absolute Gasteiger partial charge is 0.445 e. The highest BCUT2D eigenvalue weighted by Gasteiger charge is 2.33. The fourth-order valence-electron chi connectivity index (χ4n) is 3.26. The van der Waals surface area contributed by atoms with Crippen LogP contribution in [0.3, 0.4) is 0 Å². The average molecular weight is 368 g/mol. The normalized spacial score (nSPS) is 17.3. The highest BCUT2D eigenvalue weighted by molar-refractivity contribution is 5.68. The first-order chi connectivity index (χ1) is 13.0. The molecule has 0 aliphatic carbocycles. The second-order valence-electron chi connectivity index (χ2n) is 7.43. The summed E-state index contributed by atoms with van der Waals surface area (Å²) in [6, 6.07) is 9.91. The molecule has 27 heavy (non-hydrogen) atoms. The quantitative estimate of drug-likeness (QED) is 0.826. The maximum atomic E-state index is 12.5. The number of benzene rings is 1. The van der Waals surface area contributed by atoms with Gasteiger partial charge in [-0.15, -0.1) is 0 Å². The average Bonchev–Trinajstić information content (AvgIpc) is 2.68. The van der Waals surface area contributed by atoms with E-state index in [-0.39, 0.29) is 12.1 Å². The molecule has 2 aromatic rings. The van der Waals surface area contributed by atoms with E-state index in [1.54, 1.807) is 4.90 Å². The van der Waals surface area contributed by atoms with Gasteiger partial charge >= 0.3 is 6.09 Å². The van der Waals surface area contributed by atoms with Crippen molar-refractivity contribution in [2.75, 3.05) is 24.5 Å². The Labute approximate surface area is 161 Å². The smallest absolute Gasteiger partial charge is 0.410 e. The van der Waals surface area contributed by atoms with Gasteiger partial charge in [0, 0.05) is 31.5 Å². The van der Waals surface area contributed by atoms with Gasteiger partial charge in [0.2, 0.25) is 5.95 Å². The molecule has 3 rings (SSSR count). The topological polar surface area (TPSA) is 58.6 Å². The van der Waals surface area contributed by atoms with Crippen LogP contribution in [-0.2, 0) is 11.3 Å². The molecule has 0 saturated carbocycles. The lowest BCUT2D eigenvalue weighted by atomic mass is 10.00. The first kappa shape index (κ1) is 19.1. The van der Waals surface area contributed by atoms with Crippen molar-refractivity contribution >= 4 is 12.0 Å². The van der Waals surface area contributed by atoms with Crippen LogP contribution in [0.5, 0.6) is 0 Å². The first-order valence-electron chi connectivity index (χ1n) is 9.48. The minimum Gasteiger partial charge on any atom is -0.445 e. The predicted octanol–water partition coefficient (Wildman–Crippen LogP) is 3.58. The highest BCUT2D eigenvalue weighted by Crippen LogP contribution is 2.23. The van der Waals surface area contributed by atoms with Crippen LogP contribution in [0.15, 0.2) is 36.5 Å². The SMILES string of the molecule is Cc1cnc(N2CCN(C(=O)OCc3ccccc3)C[C@H]2C(C)C)nc1C. The molecule has 0 spiro atoms. The molecule has 1 aliphatic rings.